The molecule has 1 aliphatic carbocycles. The standard InChI is InChI=1S/C12H19F3N2O3/c13-12(14,15)7-19-5-3-16-11(18)17-9-6-10-8(9)2-1-4-20-10/h8-10H,1-7H2,(H2,16,17,18). The number of fused-ring (bicyclic) bond motifs is 1. The van der Waals surface area contributed by atoms with E-state index in [0.717, 1.165) is 25.9 Å². The first-order chi connectivity index (χ1) is 9.46. The normalized spacial score (nSPS) is 29.2. The molecule has 20 heavy (non-hydrogen) atoms. The summed E-state index contributed by atoms with van der Waals surface area (Å²) in [7, 11) is 0. The maximum Gasteiger partial charge on any atom is 0.411 e. The Labute approximate surface area is 115 Å². The lowest BCUT2D eigenvalue weighted by atomic mass is 9.72. The van der Waals surface area contributed by atoms with Gasteiger partial charge in [-0.3, -0.25) is 0 Å². The predicted molar refractivity (Wildman–Crippen MR) is 64.3 cm³/mol. The van der Waals surface area contributed by atoms with Crippen molar-refractivity contribution in [1.82, 2.24) is 10.6 Å². The second-order valence-corrected chi connectivity index (χ2v) is 5.13. The average Bonchev–Trinajstić information content (AvgIpc) is 2.34. The van der Waals surface area contributed by atoms with Crippen LogP contribution in [0.2, 0.25) is 0 Å². The lowest BCUT2D eigenvalue weighted by Crippen LogP contribution is -2.59. The summed E-state index contributed by atoms with van der Waals surface area (Å²) in [6.45, 7) is -0.608. The van der Waals surface area contributed by atoms with Crippen LogP contribution in [0.1, 0.15) is 19.3 Å². The van der Waals surface area contributed by atoms with Crippen molar-refractivity contribution < 1.29 is 27.4 Å². The third-order valence-corrected chi connectivity index (χ3v) is 3.61. The molecule has 5 nitrogen and oxygen atoms in total. The summed E-state index contributed by atoms with van der Waals surface area (Å²) in [6.07, 6.45) is -1.21. The van der Waals surface area contributed by atoms with Crippen molar-refractivity contribution in [1.29, 1.82) is 0 Å². The molecular weight excluding hydrogens is 277 g/mol. The monoisotopic (exact) mass is 296 g/mol. The van der Waals surface area contributed by atoms with Crippen LogP contribution in [0.3, 0.4) is 0 Å². The highest BCUT2D eigenvalue weighted by Gasteiger charge is 2.43. The van der Waals surface area contributed by atoms with Crippen molar-refractivity contribution >= 4 is 6.03 Å². The van der Waals surface area contributed by atoms with E-state index >= 15 is 0 Å². The van der Waals surface area contributed by atoms with Gasteiger partial charge >= 0.3 is 12.2 Å². The number of ether oxygens (including phenoxy) is 2. The van der Waals surface area contributed by atoms with E-state index in [1.807, 2.05) is 0 Å². The van der Waals surface area contributed by atoms with Gasteiger partial charge in [0.1, 0.15) is 6.61 Å². The van der Waals surface area contributed by atoms with Gasteiger partial charge in [0.05, 0.1) is 12.7 Å². The Hall–Kier alpha value is -1.02. The van der Waals surface area contributed by atoms with Crippen LogP contribution in [0.5, 0.6) is 0 Å². The minimum absolute atomic E-state index is 0.0548. The smallest absolute Gasteiger partial charge is 0.378 e. The van der Waals surface area contributed by atoms with Crippen LogP contribution in [0, 0.1) is 5.92 Å². The molecule has 116 valence electrons. The Morgan fingerprint density at radius 1 is 1.40 bits per heavy atom. The highest BCUT2D eigenvalue weighted by Crippen LogP contribution is 2.37. The second kappa shape index (κ2) is 6.62. The van der Waals surface area contributed by atoms with Crippen LogP contribution in [0.15, 0.2) is 0 Å². The van der Waals surface area contributed by atoms with E-state index in [-0.39, 0.29) is 31.3 Å². The molecule has 0 radical (unpaired) electrons. The lowest BCUT2D eigenvalue weighted by molar-refractivity contribution is -0.173. The van der Waals surface area contributed by atoms with Crippen molar-refractivity contribution in [2.45, 2.75) is 37.6 Å². The summed E-state index contributed by atoms with van der Waals surface area (Å²) >= 11 is 0. The molecule has 0 spiro atoms. The van der Waals surface area contributed by atoms with Crippen LogP contribution < -0.4 is 10.6 Å². The molecule has 3 atom stereocenters. The van der Waals surface area contributed by atoms with E-state index in [1.165, 1.54) is 0 Å². The molecule has 3 unspecified atom stereocenters. The van der Waals surface area contributed by atoms with Crippen molar-refractivity contribution in [2.75, 3.05) is 26.4 Å². The molecule has 1 saturated heterocycles. The maximum absolute atomic E-state index is 11.8. The van der Waals surface area contributed by atoms with Gasteiger partial charge in [-0.1, -0.05) is 0 Å². The molecule has 1 saturated carbocycles. The summed E-state index contributed by atoms with van der Waals surface area (Å²) in [4.78, 5) is 11.5. The fraction of sp³-hybridized carbons (Fsp3) is 0.917. The summed E-state index contributed by atoms with van der Waals surface area (Å²) in [5, 5.41) is 5.30. The van der Waals surface area contributed by atoms with E-state index in [4.69, 9.17) is 4.74 Å². The molecule has 8 heteroatoms. The predicted octanol–water partition coefficient (Wildman–Crippen LogP) is 1.43. The number of amides is 2. The van der Waals surface area contributed by atoms with Gasteiger partial charge in [0.15, 0.2) is 0 Å². The Balaban J connectivity index is 1.53. The van der Waals surface area contributed by atoms with Gasteiger partial charge in [-0.25, -0.2) is 4.79 Å². The number of nitrogens with one attached hydrogen (secondary N) is 2. The molecule has 2 aliphatic rings. The van der Waals surface area contributed by atoms with Crippen molar-refractivity contribution in [3.63, 3.8) is 0 Å². The second-order valence-electron chi connectivity index (χ2n) is 5.13. The molecule has 2 N–H and O–H groups in total. The molecule has 1 aliphatic heterocycles. The number of hydrogen-bond acceptors (Lipinski definition) is 3. The van der Waals surface area contributed by atoms with Crippen molar-refractivity contribution in [2.24, 2.45) is 5.92 Å². The minimum Gasteiger partial charge on any atom is -0.378 e. The zero-order valence-corrected chi connectivity index (χ0v) is 11.0. The molecule has 2 amide bonds. The number of urea groups is 1. The average molecular weight is 296 g/mol. The topological polar surface area (TPSA) is 59.6 Å². The molecule has 2 rings (SSSR count). The first-order valence-corrected chi connectivity index (χ1v) is 6.76. The number of hydrogen-bond donors (Lipinski definition) is 2. The highest BCUT2D eigenvalue weighted by molar-refractivity contribution is 5.74. The fourth-order valence-corrected chi connectivity index (χ4v) is 2.61. The zero-order valence-electron chi connectivity index (χ0n) is 11.0. The molecule has 1 heterocycles. The Kier molecular flexibility index (Phi) is 5.09. The van der Waals surface area contributed by atoms with E-state index < -0.39 is 12.8 Å². The summed E-state index contributed by atoms with van der Waals surface area (Å²) in [5.74, 6) is 0.371. The minimum atomic E-state index is -4.33. The van der Waals surface area contributed by atoms with Gasteiger partial charge in [0.25, 0.3) is 0 Å². The number of alkyl halides is 3. The van der Waals surface area contributed by atoms with Gasteiger partial charge < -0.3 is 20.1 Å². The number of carbonyl (C=O) groups excluding carboxylic acids is 1. The van der Waals surface area contributed by atoms with E-state index in [2.05, 4.69) is 15.4 Å². The molecule has 2 fully saturated rings. The van der Waals surface area contributed by atoms with Crippen LogP contribution in [0.4, 0.5) is 18.0 Å². The van der Waals surface area contributed by atoms with Crippen molar-refractivity contribution in [3.05, 3.63) is 0 Å². The van der Waals surface area contributed by atoms with Gasteiger partial charge in [-0.05, 0) is 19.3 Å². The summed E-state index contributed by atoms with van der Waals surface area (Å²) in [6, 6.07) is -0.258. The van der Waals surface area contributed by atoms with Crippen LogP contribution in [-0.4, -0.2) is 50.7 Å². The van der Waals surface area contributed by atoms with E-state index in [1.54, 1.807) is 0 Å². The Morgan fingerprint density at radius 3 is 2.90 bits per heavy atom. The van der Waals surface area contributed by atoms with Gasteiger partial charge in [-0.2, -0.15) is 13.2 Å². The third-order valence-electron chi connectivity index (χ3n) is 3.61. The Bertz CT molecular complexity index is 338. The Morgan fingerprint density at radius 2 is 2.20 bits per heavy atom. The lowest BCUT2D eigenvalue weighted by Gasteiger charge is -2.47. The van der Waals surface area contributed by atoms with E-state index in [0.29, 0.717) is 5.92 Å². The van der Waals surface area contributed by atoms with Crippen LogP contribution in [0.25, 0.3) is 0 Å². The van der Waals surface area contributed by atoms with Gasteiger partial charge in [-0.15, -0.1) is 0 Å². The first-order valence-electron chi connectivity index (χ1n) is 6.76. The number of rotatable bonds is 5. The quantitative estimate of drug-likeness (QED) is 0.755. The first kappa shape index (κ1) is 15.4. The molecule has 0 aromatic carbocycles. The van der Waals surface area contributed by atoms with Crippen LogP contribution >= 0.6 is 0 Å². The largest absolute Gasteiger partial charge is 0.411 e. The van der Waals surface area contributed by atoms with E-state index in [9.17, 15) is 18.0 Å². The molecule has 0 aromatic rings. The van der Waals surface area contributed by atoms with Gasteiger partial charge in [0, 0.05) is 25.1 Å². The summed E-state index contributed by atoms with van der Waals surface area (Å²) in [5.41, 5.74) is 0. The van der Waals surface area contributed by atoms with Crippen LogP contribution in [-0.2, 0) is 9.47 Å². The number of carbonyl (C=O) groups is 1. The zero-order chi connectivity index (χ0) is 14.6. The fourth-order valence-electron chi connectivity index (χ4n) is 2.61. The number of halogens is 3. The molecule has 0 aromatic heterocycles. The van der Waals surface area contributed by atoms with Gasteiger partial charge in [0.2, 0.25) is 0 Å². The summed E-state index contributed by atoms with van der Waals surface area (Å²) < 4.78 is 45.3. The SMILES string of the molecule is O=C(NCCOCC(F)(F)F)NC1CC2OCCCC12. The maximum atomic E-state index is 11.8. The third kappa shape index (κ3) is 4.52. The molecule has 0 bridgehead atoms. The molecular formula is C12H19F3N2O3. The van der Waals surface area contributed by atoms with Crippen molar-refractivity contribution in [3.8, 4) is 0 Å². The highest BCUT2D eigenvalue weighted by atomic mass is 19.4.